The molecule has 4 aromatic rings. The van der Waals surface area contributed by atoms with Gasteiger partial charge in [0.05, 0.1) is 23.4 Å². The fourth-order valence-corrected chi connectivity index (χ4v) is 4.28. The van der Waals surface area contributed by atoms with Gasteiger partial charge >= 0.3 is 0 Å². The maximum Gasteiger partial charge on any atom is 0.257 e. The third kappa shape index (κ3) is 4.74. The molecule has 0 radical (unpaired) electrons. The van der Waals surface area contributed by atoms with Crippen molar-refractivity contribution in [2.75, 3.05) is 17.4 Å². The minimum Gasteiger partial charge on any atom is -0.454 e. The van der Waals surface area contributed by atoms with Crippen molar-refractivity contribution in [3.8, 4) is 22.1 Å². The monoisotopic (exact) mass is 475 g/mol. The van der Waals surface area contributed by atoms with E-state index in [-0.39, 0.29) is 30.8 Å². The molecule has 0 bridgehead atoms. The topological polar surface area (TPSA) is 89.6 Å². The van der Waals surface area contributed by atoms with Crippen molar-refractivity contribution < 1.29 is 23.5 Å². The van der Waals surface area contributed by atoms with Gasteiger partial charge in [-0.1, -0.05) is 24.3 Å². The van der Waals surface area contributed by atoms with E-state index >= 15 is 0 Å². The first-order valence-electron chi connectivity index (χ1n) is 10.4. The van der Waals surface area contributed by atoms with Crippen molar-refractivity contribution in [3.05, 3.63) is 89.2 Å². The Labute approximate surface area is 198 Å². The Morgan fingerprint density at radius 2 is 1.82 bits per heavy atom. The summed E-state index contributed by atoms with van der Waals surface area (Å²) < 4.78 is 24.1. The quantitative estimate of drug-likeness (QED) is 0.405. The number of benzene rings is 3. The van der Waals surface area contributed by atoms with E-state index in [9.17, 15) is 14.0 Å². The lowest BCUT2D eigenvalue weighted by atomic mass is 10.1. The SMILES string of the molecule is O=C(Cc1csc(-c2cccc(F)c2)n1)Nc1ccccc1C(=O)Nc1ccc2c(c1)OCO2. The molecule has 2 heterocycles. The van der Waals surface area contributed by atoms with E-state index in [0.29, 0.717) is 44.7 Å². The lowest BCUT2D eigenvalue weighted by Gasteiger charge is -2.11. The zero-order chi connectivity index (χ0) is 23.5. The van der Waals surface area contributed by atoms with Crippen molar-refractivity contribution in [2.24, 2.45) is 0 Å². The van der Waals surface area contributed by atoms with Gasteiger partial charge in [0.1, 0.15) is 10.8 Å². The molecule has 0 saturated carbocycles. The summed E-state index contributed by atoms with van der Waals surface area (Å²) in [6, 6.07) is 18.0. The number of para-hydroxylation sites is 1. The van der Waals surface area contributed by atoms with E-state index in [1.807, 2.05) is 0 Å². The molecule has 170 valence electrons. The molecule has 5 rings (SSSR count). The molecule has 0 aliphatic carbocycles. The molecule has 3 aromatic carbocycles. The van der Waals surface area contributed by atoms with Crippen LogP contribution in [0.1, 0.15) is 16.1 Å². The average molecular weight is 476 g/mol. The van der Waals surface area contributed by atoms with Crippen molar-refractivity contribution in [1.82, 2.24) is 4.98 Å². The van der Waals surface area contributed by atoms with E-state index in [4.69, 9.17) is 9.47 Å². The molecule has 0 atom stereocenters. The molecule has 7 nitrogen and oxygen atoms in total. The van der Waals surface area contributed by atoms with Crippen LogP contribution in [-0.4, -0.2) is 23.6 Å². The summed E-state index contributed by atoms with van der Waals surface area (Å²) >= 11 is 1.34. The third-order valence-electron chi connectivity index (χ3n) is 5.04. The number of nitrogens with zero attached hydrogens (tertiary/aromatic N) is 1. The number of aromatic nitrogens is 1. The van der Waals surface area contributed by atoms with Gasteiger partial charge in [-0.15, -0.1) is 11.3 Å². The van der Waals surface area contributed by atoms with Crippen LogP contribution in [0.5, 0.6) is 11.5 Å². The van der Waals surface area contributed by atoms with Crippen LogP contribution in [0.15, 0.2) is 72.1 Å². The molecule has 0 unspecified atom stereocenters. The number of thiazole rings is 1. The van der Waals surface area contributed by atoms with Crippen molar-refractivity contribution in [1.29, 1.82) is 0 Å². The highest BCUT2D eigenvalue weighted by atomic mass is 32.1. The standard InChI is InChI=1S/C25H18FN3O4S/c26-16-5-3-4-15(10-16)25-28-18(13-34-25)12-23(30)29-20-7-2-1-6-19(20)24(31)27-17-8-9-21-22(11-17)33-14-32-21/h1-11,13H,12,14H2,(H,27,31)(H,29,30). The van der Waals surface area contributed by atoms with E-state index in [2.05, 4.69) is 15.6 Å². The summed E-state index contributed by atoms with van der Waals surface area (Å²) in [7, 11) is 0. The van der Waals surface area contributed by atoms with Crippen LogP contribution in [-0.2, 0) is 11.2 Å². The summed E-state index contributed by atoms with van der Waals surface area (Å²) in [4.78, 5) is 30.0. The fourth-order valence-electron chi connectivity index (χ4n) is 3.46. The predicted octanol–water partition coefficient (Wildman–Crippen LogP) is 5.11. The Kier molecular flexibility index (Phi) is 5.92. The number of rotatable bonds is 6. The van der Waals surface area contributed by atoms with Crippen molar-refractivity contribution in [2.45, 2.75) is 6.42 Å². The lowest BCUT2D eigenvalue weighted by molar-refractivity contribution is -0.115. The molecule has 0 spiro atoms. The normalized spacial score (nSPS) is 11.8. The maximum absolute atomic E-state index is 13.5. The van der Waals surface area contributed by atoms with E-state index < -0.39 is 0 Å². The first kappa shape index (κ1) is 21.6. The number of carbonyl (C=O) groups excluding carboxylic acids is 2. The van der Waals surface area contributed by atoms with Crippen molar-refractivity contribution >= 4 is 34.5 Å². The molecule has 9 heteroatoms. The summed E-state index contributed by atoms with van der Waals surface area (Å²) in [6.07, 6.45) is 0.0178. The Bertz CT molecular complexity index is 1390. The highest BCUT2D eigenvalue weighted by Gasteiger charge is 2.17. The zero-order valence-electron chi connectivity index (χ0n) is 17.7. The minimum atomic E-state index is -0.378. The number of amides is 2. The Hall–Kier alpha value is -4.24. The maximum atomic E-state index is 13.5. The number of ether oxygens (including phenoxy) is 2. The number of hydrogen-bond donors (Lipinski definition) is 2. The number of nitrogens with one attached hydrogen (secondary N) is 2. The third-order valence-corrected chi connectivity index (χ3v) is 5.98. The summed E-state index contributed by atoms with van der Waals surface area (Å²) in [5, 5.41) is 7.99. The van der Waals surface area contributed by atoms with Crippen LogP contribution in [0.3, 0.4) is 0 Å². The zero-order valence-corrected chi connectivity index (χ0v) is 18.5. The predicted molar refractivity (Wildman–Crippen MR) is 127 cm³/mol. The van der Waals surface area contributed by atoms with Crippen LogP contribution in [0.4, 0.5) is 15.8 Å². The molecule has 2 N–H and O–H groups in total. The van der Waals surface area contributed by atoms with E-state index in [0.717, 1.165) is 0 Å². The molecule has 0 fully saturated rings. The Morgan fingerprint density at radius 3 is 2.71 bits per heavy atom. The smallest absolute Gasteiger partial charge is 0.257 e. The van der Waals surface area contributed by atoms with Crippen molar-refractivity contribution in [3.63, 3.8) is 0 Å². The van der Waals surface area contributed by atoms with Crippen LogP contribution in [0.25, 0.3) is 10.6 Å². The van der Waals surface area contributed by atoms with Gasteiger partial charge in [0.15, 0.2) is 11.5 Å². The van der Waals surface area contributed by atoms with E-state index in [1.54, 1.807) is 60.0 Å². The highest BCUT2D eigenvalue weighted by molar-refractivity contribution is 7.13. The van der Waals surface area contributed by atoms with Crippen LogP contribution in [0, 0.1) is 5.82 Å². The van der Waals surface area contributed by atoms with Gasteiger partial charge in [0.2, 0.25) is 12.7 Å². The van der Waals surface area contributed by atoms with Gasteiger partial charge in [0, 0.05) is 22.7 Å². The van der Waals surface area contributed by atoms with Gasteiger partial charge < -0.3 is 20.1 Å². The largest absolute Gasteiger partial charge is 0.454 e. The molecule has 1 aliphatic heterocycles. The van der Waals surface area contributed by atoms with Gasteiger partial charge in [-0.25, -0.2) is 9.37 Å². The molecular formula is C25H18FN3O4S. The number of anilines is 2. The summed E-state index contributed by atoms with van der Waals surface area (Å²) in [5.41, 5.74) is 2.45. The number of carbonyl (C=O) groups is 2. The molecule has 2 amide bonds. The second-order valence-electron chi connectivity index (χ2n) is 7.45. The average Bonchev–Trinajstić information content (AvgIpc) is 3.48. The summed E-state index contributed by atoms with van der Waals surface area (Å²) in [5.74, 6) is 0.132. The van der Waals surface area contributed by atoms with Gasteiger partial charge in [0.25, 0.3) is 5.91 Å². The minimum absolute atomic E-state index is 0.0178. The van der Waals surface area contributed by atoms with Gasteiger partial charge in [-0.2, -0.15) is 0 Å². The molecule has 1 aromatic heterocycles. The molecule has 1 aliphatic rings. The first-order valence-corrected chi connectivity index (χ1v) is 11.2. The van der Waals surface area contributed by atoms with E-state index in [1.165, 1.54) is 23.5 Å². The fraction of sp³-hybridized carbons (Fsp3) is 0.0800. The summed E-state index contributed by atoms with van der Waals surface area (Å²) in [6.45, 7) is 0.143. The van der Waals surface area contributed by atoms with Gasteiger partial charge in [-0.05, 0) is 36.4 Å². The molecule has 34 heavy (non-hydrogen) atoms. The van der Waals surface area contributed by atoms with Crippen LogP contribution < -0.4 is 20.1 Å². The second kappa shape index (κ2) is 9.32. The molecular weight excluding hydrogens is 457 g/mol. The van der Waals surface area contributed by atoms with Gasteiger partial charge in [-0.3, -0.25) is 9.59 Å². The molecule has 0 saturated heterocycles. The Morgan fingerprint density at radius 1 is 0.971 bits per heavy atom. The number of halogens is 1. The number of fused-ring (bicyclic) bond motifs is 1. The highest BCUT2D eigenvalue weighted by Crippen LogP contribution is 2.34. The first-order chi connectivity index (χ1) is 16.5. The lowest BCUT2D eigenvalue weighted by Crippen LogP contribution is -2.19. The number of hydrogen-bond acceptors (Lipinski definition) is 6. The van der Waals surface area contributed by atoms with Crippen LogP contribution >= 0.6 is 11.3 Å². The Balaban J connectivity index is 1.26. The van der Waals surface area contributed by atoms with Crippen LogP contribution in [0.2, 0.25) is 0 Å². The second-order valence-corrected chi connectivity index (χ2v) is 8.31.